The van der Waals surface area contributed by atoms with E-state index in [0.29, 0.717) is 5.91 Å². The number of carbonyl (C=O) groups is 1. The Hall–Kier alpha value is -2.63. The minimum atomic E-state index is 0.236. The van der Waals surface area contributed by atoms with Crippen LogP contribution in [0, 0.1) is 11.8 Å². The summed E-state index contributed by atoms with van der Waals surface area (Å²) >= 11 is 0. The third-order valence-electron chi connectivity index (χ3n) is 7.11. The van der Waals surface area contributed by atoms with Gasteiger partial charge in [0, 0.05) is 37.7 Å². The van der Waals surface area contributed by atoms with E-state index in [4.69, 9.17) is 4.74 Å². The summed E-state index contributed by atoms with van der Waals surface area (Å²) in [5.74, 6) is 3.11. The number of aromatic nitrogens is 2. The van der Waals surface area contributed by atoms with E-state index in [-0.39, 0.29) is 5.92 Å². The molecule has 1 amide bonds. The van der Waals surface area contributed by atoms with Crippen molar-refractivity contribution in [3.05, 3.63) is 36.4 Å². The molecule has 2 aromatic rings. The molecule has 2 fully saturated rings. The van der Waals surface area contributed by atoms with E-state index in [1.807, 2.05) is 36.4 Å². The number of nitrogens with zero attached hydrogens (tertiary/aromatic N) is 4. The lowest BCUT2D eigenvalue weighted by Gasteiger charge is -2.38. The summed E-state index contributed by atoms with van der Waals surface area (Å²) in [6.07, 6.45) is 8.54. The summed E-state index contributed by atoms with van der Waals surface area (Å²) < 4.78 is 5.44. The number of benzene rings is 1. The zero-order chi connectivity index (χ0) is 22.3. The molecule has 1 saturated heterocycles. The van der Waals surface area contributed by atoms with Crippen molar-refractivity contribution in [1.82, 2.24) is 15.1 Å². The molecule has 4 rings (SSSR count). The minimum Gasteiger partial charge on any atom is -0.496 e. The molecule has 6 heteroatoms. The minimum absolute atomic E-state index is 0.236. The second kappa shape index (κ2) is 10.8. The highest BCUT2D eigenvalue weighted by molar-refractivity contribution is 5.79. The lowest BCUT2D eigenvalue weighted by molar-refractivity contribution is -0.137. The molecule has 32 heavy (non-hydrogen) atoms. The van der Waals surface area contributed by atoms with Gasteiger partial charge in [0.15, 0.2) is 5.82 Å². The first kappa shape index (κ1) is 22.6. The Morgan fingerprint density at radius 3 is 2.41 bits per heavy atom. The van der Waals surface area contributed by atoms with Gasteiger partial charge in [0.2, 0.25) is 5.91 Å². The Morgan fingerprint density at radius 2 is 1.75 bits per heavy atom. The number of unbranched alkanes of at least 4 members (excludes halogenated alkanes) is 1. The number of hydrogen-bond donors (Lipinski definition) is 0. The SMILES string of the molecule is CCCCC1CCC(C(=O)N2CCN(c3ccc(-c4ccccc4OC)nn3)CC2)CC1. The van der Waals surface area contributed by atoms with Gasteiger partial charge in [0.25, 0.3) is 0 Å². The van der Waals surface area contributed by atoms with Crippen molar-refractivity contribution in [2.24, 2.45) is 11.8 Å². The number of methoxy groups -OCH3 is 1. The maximum Gasteiger partial charge on any atom is 0.225 e. The number of ether oxygens (including phenoxy) is 1. The lowest BCUT2D eigenvalue weighted by atomic mass is 9.79. The Bertz CT molecular complexity index is 870. The molecule has 172 valence electrons. The van der Waals surface area contributed by atoms with Gasteiger partial charge in [-0.05, 0) is 55.9 Å². The van der Waals surface area contributed by atoms with Crippen LogP contribution in [0.4, 0.5) is 5.82 Å². The molecular formula is C26H36N4O2. The number of carbonyl (C=O) groups excluding carboxylic acids is 1. The van der Waals surface area contributed by atoms with Crippen molar-refractivity contribution in [1.29, 1.82) is 0 Å². The largest absolute Gasteiger partial charge is 0.496 e. The van der Waals surface area contributed by atoms with Crippen LogP contribution >= 0.6 is 0 Å². The van der Waals surface area contributed by atoms with Gasteiger partial charge >= 0.3 is 0 Å². The zero-order valence-corrected chi connectivity index (χ0v) is 19.5. The first-order valence-electron chi connectivity index (χ1n) is 12.2. The van der Waals surface area contributed by atoms with Gasteiger partial charge in [-0.2, -0.15) is 0 Å². The molecule has 0 radical (unpaired) electrons. The van der Waals surface area contributed by atoms with Crippen molar-refractivity contribution in [3.63, 3.8) is 0 Å². The molecule has 0 bridgehead atoms. The van der Waals surface area contributed by atoms with Crippen molar-refractivity contribution >= 4 is 11.7 Å². The molecule has 0 spiro atoms. The predicted molar refractivity (Wildman–Crippen MR) is 128 cm³/mol. The normalized spacial score (nSPS) is 21.4. The highest BCUT2D eigenvalue weighted by atomic mass is 16.5. The van der Waals surface area contributed by atoms with Crippen LogP contribution in [0.2, 0.25) is 0 Å². The van der Waals surface area contributed by atoms with Gasteiger partial charge in [-0.15, -0.1) is 10.2 Å². The van der Waals surface area contributed by atoms with Crippen molar-refractivity contribution in [3.8, 4) is 17.0 Å². The molecule has 6 nitrogen and oxygen atoms in total. The number of amides is 1. The molecule has 1 aliphatic carbocycles. The van der Waals surface area contributed by atoms with E-state index in [1.54, 1.807) is 7.11 Å². The summed E-state index contributed by atoms with van der Waals surface area (Å²) in [7, 11) is 1.67. The maximum atomic E-state index is 13.0. The van der Waals surface area contributed by atoms with Crippen LogP contribution in [0.15, 0.2) is 36.4 Å². The fourth-order valence-corrected chi connectivity index (χ4v) is 5.10. The van der Waals surface area contributed by atoms with Gasteiger partial charge in [-0.3, -0.25) is 4.79 Å². The molecular weight excluding hydrogens is 400 g/mol. The van der Waals surface area contributed by atoms with E-state index < -0.39 is 0 Å². The zero-order valence-electron chi connectivity index (χ0n) is 19.5. The van der Waals surface area contributed by atoms with Gasteiger partial charge < -0.3 is 14.5 Å². The van der Waals surface area contributed by atoms with Gasteiger partial charge in [0.1, 0.15) is 5.75 Å². The molecule has 2 aliphatic rings. The molecule has 1 aromatic heterocycles. The Labute approximate surface area is 192 Å². The quantitative estimate of drug-likeness (QED) is 0.624. The summed E-state index contributed by atoms with van der Waals surface area (Å²) in [6.45, 7) is 5.41. The van der Waals surface area contributed by atoms with E-state index >= 15 is 0 Å². The molecule has 2 heterocycles. The monoisotopic (exact) mass is 436 g/mol. The van der Waals surface area contributed by atoms with E-state index in [0.717, 1.165) is 67.8 Å². The Kier molecular flexibility index (Phi) is 7.61. The van der Waals surface area contributed by atoms with Crippen LogP contribution in [-0.4, -0.2) is 54.3 Å². The third kappa shape index (κ3) is 5.22. The number of para-hydroxylation sites is 1. The highest BCUT2D eigenvalue weighted by Gasteiger charge is 2.31. The third-order valence-corrected chi connectivity index (χ3v) is 7.11. The fraction of sp³-hybridized carbons (Fsp3) is 0.577. The molecule has 1 aromatic carbocycles. The molecule has 0 N–H and O–H groups in total. The second-order valence-electron chi connectivity index (χ2n) is 9.15. The number of piperazine rings is 1. The van der Waals surface area contributed by atoms with Gasteiger partial charge in [-0.25, -0.2) is 0 Å². The van der Waals surface area contributed by atoms with E-state index in [9.17, 15) is 4.79 Å². The van der Waals surface area contributed by atoms with Gasteiger partial charge in [-0.1, -0.05) is 38.3 Å². The van der Waals surface area contributed by atoms with Crippen LogP contribution in [0.25, 0.3) is 11.3 Å². The van der Waals surface area contributed by atoms with Crippen molar-refractivity contribution in [2.45, 2.75) is 51.9 Å². The summed E-state index contributed by atoms with van der Waals surface area (Å²) in [4.78, 5) is 17.3. The van der Waals surface area contributed by atoms with Gasteiger partial charge in [0.05, 0.1) is 12.8 Å². The molecule has 0 unspecified atom stereocenters. The first-order valence-corrected chi connectivity index (χ1v) is 12.2. The van der Waals surface area contributed by atoms with Crippen LogP contribution in [0.1, 0.15) is 51.9 Å². The summed E-state index contributed by atoms with van der Waals surface area (Å²) in [5.41, 5.74) is 1.74. The average Bonchev–Trinajstić information content (AvgIpc) is 2.87. The molecule has 0 atom stereocenters. The predicted octanol–water partition coefficient (Wildman–Crippen LogP) is 4.80. The fourth-order valence-electron chi connectivity index (χ4n) is 5.10. The number of rotatable bonds is 7. The van der Waals surface area contributed by atoms with E-state index in [1.165, 1.54) is 32.1 Å². The van der Waals surface area contributed by atoms with Crippen LogP contribution in [0.5, 0.6) is 5.75 Å². The molecule has 1 saturated carbocycles. The molecule has 1 aliphatic heterocycles. The van der Waals surface area contributed by atoms with Crippen LogP contribution in [-0.2, 0) is 4.79 Å². The lowest BCUT2D eigenvalue weighted by Crippen LogP contribution is -2.51. The summed E-state index contributed by atoms with van der Waals surface area (Å²) in [5, 5.41) is 8.90. The maximum absolute atomic E-state index is 13.0. The Morgan fingerprint density at radius 1 is 1.00 bits per heavy atom. The van der Waals surface area contributed by atoms with Crippen molar-refractivity contribution < 1.29 is 9.53 Å². The number of hydrogen-bond acceptors (Lipinski definition) is 5. The topological polar surface area (TPSA) is 58.6 Å². The number of anilines is 1. The smallest absolute Gasteiger partial charge is 0.225 e. The Balaban J connectivity index is 1.29. The first-order chi connectivity index (χ1) is 15.7. The second-order valence-corrected chi connectivity index (χ2v) is 9.15. The van der Waals surface area contributed by atoms with Crippen molar-refractivity contribution in [2.75, 3.05) is 38.2 Å². The standard InChI is InChI=1S/C26H36N4O2/c1-3-4-7-20-10-12-21(13-11-20)26(31)30-18-16-29(17-19-30)25-15-14-23(27-28-25)22-8-5-6-9-24(22)32-2/h5-6,8-9,14-15,20-21H,3-4,7,10-13,16-19H2,1-2H3. The average molecular weight is 437 g/mol. The van der Waals surface area contributed by atoms with Crippen LogP contribution in [0.3, 0.4) is 0 Å². The summed E-state index contributed by atoms with van der Waals surface area (Å²) in [6, 6.07) is 11.9. The highest BCUT2D eigenvalue weighted by Crippen LogP contribution is 2.33. The van der Waals surface area contributed by atoms with E-state index in [2.05, 4.69) is 26.9 Å². The van der Waals surface area contributed by atoms with Crippen LogP contribution < -0.4 is 9.64 Å².